The predicted molar refractivity (Wildman–Crippen MR) is 84.1 cm³/mol. The van der Waals surface area contributed by atoms with Gasteiger partial charge in [-0.15, -0.1) is 0 Å². The van der Waals surface area contributed by atoms with Crippen LogP contribution in [0.25, 0.3) is 0 Å². The van der Waals surface area contributed by atoms with Crippen LogP contribution < -0.4 is 10.1 Å². The van der Waals surface area contributed by atoms with E-state index in [4.69, 9.17) is 4.74 Å². The molecule has 0 saturated carbocycles. The normalized spacial score (nSPS) is 12.2. The van der Waals surface area contributed by atoms with Crippen LogP contribution in [0.15, 0.2) is 48.5 Å². The number of rotatable bonds is 6. The van der Waals surface area contributed by atoms with E-state index in [9.17, 15) is 0 Å². The Hall–Kier alpha value is -1.80. The van der Waals surface area contributed by atoms with Crippen molar-refractivity contribution in [1.82, 2.24) is 5.32 Å². The molecule has 2 aromatic carbocycles. The van der Waals surface area contributed by atoms with E-state index in [1.165, 1.54) is 16.7 Å². The lowest BCUT2D eigenvalue weighted by Gasteiger charge is -2.18. The van der Waals surface area contributed by atoms with Gasteiger partial charge in [-0.1, -0.05) is 49.4 Å². The molecule has 106 valence electrons. The maximum atomic E-state index is 5.42. The van der Waals surface area contributed by atoms with Gasteiger partial charge in [0, 0.05) is 18.2 Å². The summed E-state index contributed by atoms with van der Waals surface area (Å²) in [5, 5.41) is 3.58. The lowest BCUT2D eigenvalue weighted by atomic mass is 10.0. The Kier molecular flexibility index (Phi) is 5.19. The standard InChI is InChI=1S/C18H23NO/c1-4-15-9-5-6-10-16(15)13-19-14(2)17-11-7-8-12-18(17)20-3/h5-12,14,19H,4,13H2,1-3H3/t14-/m0/s1. The Morgan fingerprint density at radius 1 is 1.00 bits per heavy atom. The van der Waals surface area contributed by atoms with E-state index in [-0.39, 0.29) is 6.04 Å². The van der Waals surface area contributed by atoms with E-state index < -0.39 is 0 Å². The Balaban J connectivity index is 2.07. The smallest absolute Gasteiger partial charge is 0.123 e. The molecule has 0 amide bonds. The van der Waals surface area contributed by atoms with Gasteiger partial charge in [-0.25, -0.2) is 0 Å². The molecule has 0 aliphatic carbocycles. The van der Waals surface area contributed by atoms with E-state index in [1.54, 1.807) is 7.11 Å². The molecule has 0 heterocycles. The molecular weight excluding hydrogens is 246 g/mol. The molecule has 0 aliphatic heterocycles. The first-order chi connectivity index (χ1) is 9.76. The van der Waals surface area contributed by atoms with Crippen molar-refractivity contribution in [2.24, 2.45) is 0 Å². The molecule has 0 radical (unpaired) electrons. The van der Waals surface area contributed by atoms with Gasteiger partial charge in [0.25, 0.3) is 0 Å². The highest BCUT2D eigenvalue weighted by molar-refractivity contribution is 5.35. The summed E-state index contributed by atoms with van der Waals surface area (Å²) >= 11 is 0. The van der Waals surface area contributed by atoms with Crippen molar-refractivity contribution in [3.63, 3.8) is 0 Å². The highest BCUT2D eigenvalue weighted by Crippen LogP contribution is 2.24. The second-order valence-corrected chi connectivity index (χ2v) is 4.97. The van der Waals surface area contributed by atoms with Crippen LogP contribution in [0.4, 0.5) is 0 Å². The van der Waals surface area contributed by atoms with Gasteiger partial charge in [-0.3, -0.25) is 0 Å². The van der Waals surface area contributed by atoms with Crippen molar-refractivity contribution >= 4 is 0 Å². The minimum absolute atomic E-state index is 0.260. The summed E-state index contributed by atoms with van der Waals surface area (Å²) in [6.07, 6.45) is 1.07. The monoisotopic (exact) mass is 269 g/mol. The number of nitrogens with one attached hydrogen (secondary N) is 1. The van der Waals surface area contributed by atoms with Crippen LogP contribution in [0, 0.1) is 0 Å². The zero-order valence-electron chi connectivity index (χ0n) is 12.5. The number of aryl methyl sites for hydroxylation is 1. The van der Waals surface area contributed by atoms with Gasteiger partial charge in [0.15, 0.2) is 0 Å². The molecule has 2 aromatic rings. The zero-order valence-corrected chi connectivity index (χ0v) is 12.5. The number of methoxy groups -OCH3 is 1. The van der Waals surface area contributed by atoms with Crippen molar-refractivity contribution in [2.75, 3.05) is 7.11 Å². The fourth-order valence-electron chi connectivity index (χ4n) is 2.47. The summed E-state index contributed by atoms with van der Waals surface area (Å²) in [6, 6.07) is 17.0. The molecule has 1 atom stereocenters. The number of ether oxygens (including phenoxy) is 1. The third kappa shape index (κ3) is 3.40. The van der Waals surface area contributed by atoms with E-state index in [2.05, 4.69) is 55.6 Å². The third-order valence-electron chi connectivity index (χ3n) is 3.70. The van der Waals surface area contributed by atoms with E-state index in [0.717, 1.165) is 18.7 Å². The first kappa shape index (κ1) is 14.6. The van der Waals surface area contributed by atoms with Crippen molar-refractivity contribution in [1.29, 1.82) is 0 Å². The Morgan fingerprint density at radius 3 is 2.35 bits per heavy atom. The van der Waals surface area contributed by atoms with Crippen LogP contribution in [0.3, 0.4) is 0 Å². The summed E-state index contributed by atoms with van der Waals surface area (Å²) in [4.78, 5) is 0. The fourth-order valence-corrected chi connectivity index (χ4v) is 2.47. The largest absolute Gasteiger partial charge is 0.496 e. The maximum Gasteiger partial charge on any atom is 0.123 e. The summed E-state index contributed by atoms with van der Waals surface area (Å²) in [7, 11) is 1.72. The van der Waals surface area contributed by atoms with Crippen LogP contribution in [-0.2, 0) is 13.0 Å². The molecule has 1 N–H and O–H groups in total. The number of hydrogen-bond acceptors (Lipinski definition) is 2. The third-order valence-corrected chi connectivity index (χ3v) is 3.70. The van der Waals surface area contributed by atoms with Crippen LogP contribution in [0.5, 0.6) is 5.75 Å². The molecule has 0 aromatic heterocycles. The molecule has 0 unspecified atom stereocenters. The van der Waals surface area contributed by atoms with Crippen LogP contribution >= 0.6 is 0 Å². The van der Waals surface area contributed by atoms with Crippen LogP contribution in [0.2, 0.25) is 0 Å². The molecule has 0 aliphatic rings. The molecule has 0 bridgehead atoms. The summed E-state index contributed by atoms with van der Waals surface area (Å²) < 4.78 is 5.42. The SMILES string of the molecule is CCc1ccccc1CN[C@@H](C)c1ccccc1OC. The predicted octanol–water partition coefficient (Wildman–Crippen LogP) is 4.11. The lowest BCUT2D eigenvalue weighted by Crippen LogP contribution is -2.19. The van der Waals surface area contributed by atoms with Gasteiger partial charge in [-0.05, 0) is 30.5 Å². The maximum absolute atomic E-state index is 5.42. The second kappa shape index (κ2) is 7.11. The molecular formula is C18H23NO. The average Bonchev–Trinajstić information content (AvgIpc) is 2.52. The van der Waals surface area contributed by atoms with Gasteiger partial charge in [0.1, 0.15) is 5.75 Å². The molecule has 0 saturated heterocycles. The quantitative estimate of drug-likeness (QED) is 0.852. The number of para-hydroxylation sites is 1. The van der Waals surface area contributed by atoms with Crippen molar-refractivity contribution in [3.05, 3.63) is 65.2 Å². The Labute approximate surface area is 121 Å². The summed E-state index contributed by atoms with van der Waals surface area (Å²) in [6.45, 7) is 5.25. The van der Waals surface area contributed by atoms with Gasteiger partial charge in [-0.2, -0.15) is 0 Å². The molecule has 2 heteroatoms. The van der Waals surface area contributed by atoms with Gasteiger partial charge >= 0.3 is 0 Å². The van der Waals surface area contributed by atoms with Gasteiger partial charge < -0.3 is 10.1 Å². The molecule has 0 spiro atoms. The van der Waals surface area contributed by atoms with E-state index in [0.29, 0.717) is 0 Å². The van der Waals surface area contributed by atoms with Crippen molar-refractivity contribution < 1.29 is 4.74 Å². The van der Waals surface area contributed by atoms with Gasteiger partial charge in [0.05, 0.1) is 7.11 Å². The Morgan fingerprint density at radius 2 is 1.65 bits per heavy atom. The van der Waals surface area contributed by atoms with Crippen LogP contribution in [0.1, 0.15) is 36.6 Å². The minimum Gasteiger partial charge on any atom is -0.496 e. The van der Waals surface area contributed by atoms with Crippen molar-refractivity contribution in [3.8, 4) is 5.75 Å². The highest BCUT2D eigenvalue weighted by atomic mass is 16.5. The zero-order chi connectivity index (χ0) is 14.4. The van der Waals surface area contributed by atoms with Crippen LogP contribution in [-0.4, -0.2) is 7.11 Å². The topological polar surface area (TPSA) is 21.3 Å². The lowest BCUT2D eigenvalue weighted by molar-refractivity contribution is 0.401. The fraction of sp³-hybridized carbons (Fsp3) is 0.333. The van der Waals surface area contributed by atoms with Crippen molar-refractivity contribution in [2.45, 2.75) is 32.9 Å². The minimum atomic E-state index is 0.260. The second-order valence-electron chi connectivity index (χ2n) is 4.97. The summed E-state index contributed by atoms with van der Waals surface area (Å²) in [5.41, 5.74) is 3.98. The van der Waals surface area contributed by atoms with E-state index in [1.807, 2.05) is 12.1 Å². The molecule has 2 rings (SSSR count). The molecule has 0 fully saturated rings. The molecule has 2 nitrogen and oxygen atoms in total. The van der Waals surface area contributed by atoms with E-state index >= 15 is 0 Å². The Bertz CT molecular complexity index is 551. The number of benzene rings is 2. The summed E-state index contributed by atoms with van der Waals surface area (Å²) in [5.74, 6) is 0.941. The number of hydrogen-bond donors (Lipinski definition) is 1. The highest BCUT2D eigenvalue weighted by Gasteiger charge is 2.10. The first-order valence-electron chi connectivity index (χ1n) is 7.19. The molecule has 20 heavy (non-hydrogen) atoms. The average molecular weight is 269 g/mol. The first-order valence-corrected chi connectivity index (χ1v) is 7.19. The van der Waals surface area contributed by atoms with Gasteiger partial charge in [0.2, 0.25) is 0 Å².